The molecule has 42 heavy (non-hydrogen) atoms. The quantitative estimate of drug-likeness (QED) is 0.378. The van der Waals surface area contributed by atoms with E-state index in [0.29, 0.717) is 38.9 Å². The number of urea groups is 1. The first-order valence-corrected chi connectivity index (χ1v) is 15.1. The van der Waals surface area contributed by atoms with Crippen LogP contribution in [0.5, 0.6) is 0 Å². The number of hydrogen-bond acceptors (Lipinski definition) is 4. The topological polar surface area (TPSA) is 73.0 Å². The molecule has 3 aliphatic heterocycles. The van der Waals surface area contributed by atoms with Crippen LogP contribution in [0, 0.1) is 11.7 Å². The molecule has 3 heterocycles. The standard InChI is InChI=1S/C30H34F4N4O3S/c1-18(2)10-15-37-27(40)24(42-28(37)26-21(30(32,33)34)7-5-8-22(26)31)16-25(39)36-13-11-20(12-14-36)38-17-19-6-3-4-9-23(19)35-29(38)41/h3-9,18,20,24,28H,10-17H2,1-2H3,(H,35,41). The smallest absolute Gasteiger partial charge is 0.342 e. The Labute approximate surface area is 246 Å². The first kappa shape index (κ1) is 30.2. The Morgan fingerprint density at radius 2 is 1.79 bits per heavy atom. The summed E-state index contributed by atoms with van der Waals surface area (Å²) in [6, 6.07) is 10.2. The van der Waals surface area contributed by atoms with E-state index in [2.05, 4.69) is 5.32 Å². The number of benzene rings is 2. The summed E-state index contributed by atoms with van der Waals surface area (Å²) in [7, 11) is 0. The van der Waals surface area contributed by atoms with Gasteiger partial charge < -0.3 is 20.0 Å². The van der Waals surface area contributed by atoms with E-state index < -0.39 is 39.7 Å². The average Bonchev–Trinajstić information content (AvgIpc) is 3.25. The van der Waals surface area contributed by atoms with Crippen LogP contribution in [0.4, 0.5) is 28.0 Å². The second kappa shape index (κ2) is 12.1. The van der Waals surface area contributed by atoms with Crippen LogP contribution in [-0.2, 0) is 22.3 Å². The Morgan fingerprint density at radius 1 is 1.07 bits per heavy atom. The van der Waals surface area contributed by atoms with Gasteiger partial charge in [-0.15, -0.1) is 11.8 Å². The van der Waals surface area contributed by atoms with Gasteiger partial charge in [0.15, 0.2) is 0 Å². The van der Waals surface area contributed by atoms with Crippen molar-refractivity contribution in [2.45, 2.75) is 68.9 Å². The molecule has 12 heteroatoms. The highest BCUT2D eigenvalue weighted by molar-refractivity contribution is 8.01. The number of alkyl halides is 3. The van der Waals surface area contributed by atoms with E-state index in [0.717, 1.165) is 41.2 Å². The summed E-state index contributed by atoms with van der Waals surface area (Å²) < 4.78 is 56.5. The third kappa shape index (κ3) is 6.23. The fraction of sp³-hybridized carbons (Fsp3) is 0.500. The van der Waals surface area contributed by atoms with E-state index in [1.165, 1.54) is 4.90 Å². The minimum atomic E-state index is -4.80. The number of amides is 4. The molecule has 1 N–H and O–H groups in total. The molecular weight excluding hydrogens is 572 g/mol. The van der Waals surface area contributed by atoms with E-state index in [1.807, 2.05) is 38.1 Å². The summed E-state index contributed by atoms with van der Waals surface area (Å²) in [4.78, 5) is 44.2. The lowest BCUT2D eigenvalue weighted by Gasteiger charge is -2.40. The average molecular weight is 607 g/mol. The van der Waals surface area contributed by atoms with Gasteiger partial charge in [0.25, 0.3) is 0 Å². The van der Waals surface area contributed by atoms with E-state index in [1.54, 1.807) is 9.80 Å². The SMILES string of the molecule is CC(C)CCN1C(=O)C(CC(=O)N2CCC(N3Cc4ccccc4NC3=O)CC2)SC1c1c(F)cccc1C(F)(F)F. The molecule has 0 saturated carbocycles. The maximum atomic E-state index is 15.0. The maximum absolute atomic E-state index is 15.0. The van der Waals surface area contributed by atoms with Gasteiger partial charge in [0, 0.05) is 49.9 Å². The summed E-state index contributed by atoms with van der Waals surface area (Å²) in [5.74, 6) is -1.58. The van der Waals surface area contributed by atoms with Crippen LogP contribution < -0.4 is 5.32 Å². The van der Waals surface area contributed by atoms with Crippen LogP contribution in [0.15, 0.2) is 42.5 Å². The first-order chi connectivity index (χ1) is 19.9. The van der Waals surface area contributed by atoms with Gasteiger partial charge in [0.1, 0.15) is 11.2 Å². The predicted molar refractivity (Wildman–Crippen MR) is 152 cm³/mol. The van der Waals surface area contributed by atoms with Gasteiger partial charge in [0.2, 0.25) is 11.8 Å². The molecule has 5 rings (SSSR count). The van der Waals surface area contributed by atoms with Crippen molar-refractivity contribution in [3.8, 4) is 0 Å². The third-order valence-electron chi connectivity index (χ3n) is 8.17. The number of carbonyl (C=O) groups is 3. The number of thioether (sulfide) groups is 1. The van der Waals surface area contributed by atoms with Crippen LogP contribution in [0.25, 0.3) is 0 Å². The second-order valence-electron chi connectivity index (χ2n) is 11.4. The van der Waals surface area contributed by atoms with Gasteiger partial charge in [-0.3, -0.25) is 9.59 Å². The number of likely N-dealkylation sites (tertiary alicyclic amines) is 1. The molecule has 2 saturated heterocycles. The molecule has 4 amide bonds. The van der Waals surface area contributed by atoms with Gasteiger partial charge >= 0.3 is 12.2 Å². The minimum Gasteiger partial charge on any atom is -0.342 e. The molecule has 0 bridgehead atoms. The largest absolute Gasteiger partial charge is 0.416 e. The number of nitrogens with zero attached hydrogens (tertiary/aromatic N) is 3. The normalized spacial score (nSPS) is 21.6. The summed E-state index contributed by atoms with van der Waals surface area (Å²) in [5, 5.41) is 0.814. The van der Waals surface area contributed by atoms with Gasteiger partial charge in [-0.2, -0.15) is 13.2 Å². The lowest BCUT2D eigenvalue weighted by Crippen LogP contribution is -2.51. The van der Waals surface area contributed by atoms with Gasteiger partial charge in [-0.05, 0) is 48.9 Å². The van der Waals surface area contributed by atoms with E-state index >= 15 is 0 Å². The lowest BCUT2D eigenvalue weighted by molar-refractivity contribution is -0.140. The maximum Gasteiger partial charge on any atom is 0.416 e. The van der Waals surface area contributed by atoms with Crippen molar-refractivity contribution >= 4 is 35.3 Å². The molecule has 2 fully saturated rings. The van der Waals surface area contributed by atoms with Crippen LogP contribution >= 0.6 is 11.8 Å². The monoisotopic (exact) mass is 606 g/mol. The molecule has 2 unspecified atom stereocenters. The summed E-state index contributed by atoms with van der Waals surface area (Å²) in [5.41, 5.74) is 0.140. The lowest BCUT2D eigenvalue weighted by atomic mass is 10.0. The zero-order valence-corrected chi connectivity index (χ0v) is 24.3. The number of rotatable bonds is 7. The third-order valence-corrected chi connectivity index (χ3v) is 9.61. The van der Waals surface area contributed by atoms with E-state index in [9.17, 15) is 31.9 Å². The van der Waals surface area contributed by atoms with Crippen molar-refractivity contribution in [2.24, 2.45) is 5.92 Å². The van der Waals surface area contributed by atoms with Crippen LogP contribution in [0.3, 0.4) is 0 Å². The number of fused-ring (bicyclic) bond motifs is 1. The number of piperidine rings is 1. The molecule has 3 aliphatic rings. The molecule has 226 valence electrons. The van der Waals surface area contributed by atoms with E-state index in [-0.39, 0.29) is 36.9 Å². The van der Waals surface area contributed by atoms with Crippen molar-refractivity contribution in [3.63, 3.8) is 0 Å². The highest BCUT2D eigenvalue weighted by Crippen LogP contribution is 2.49. The van der Waals surface area contributed by atoms with Gasteiger partial charge in [-0.25, -0.2) is 9.18 Å². The van der Waals surface area contributed by atoms with Crippen molar-refractivity contribution < 1.29 is 31.9 Å². The molecule has 2 aromatic carbocycles. The number of para-hydroxylation sites is 1. The Kier molecular flexibility index (Phi) is 8.73. The first-order valence-electron chi connectivity index (χ1n) is 14.2. The van der Waals surface area contributed by atoms with Crippen molar-refractivity contribution in [1.82, 2.24) is 14.7 Å². The van der Waals surface area contributed by atoms with Crippen LogP contribution in [0.2, 0.25) is 0 Å². The number of hydrogen-bond donors (Lipinski definition) is 1. The molecule has 0 aliphatic carbocycles. The number of nitrogens with one attached hydrogen (secondary N) is 1. The summed E-state index contributed by atoms with van der Waals surface area (Å²) in [6.45, 7) is 5.31. The Bertz CT molecular complexity index is 1350. The number of carbonyl (C=O) groups excluding carboxylic acids is 3. The summed E-state index contributed by atoms with van der Waals surface area (Å²) >= 11 is 0.913. The molecule has 0 aromatic heterocycles. The number of halogens is 4. The molecular formula is C30H34F4N4O3S. The van der Waals surface area contributed by atoms with Crippen molar-refractivity contribution in [3.05, 3.63) is 65.0 Å². The Morgan fingerprint density at radius 3 is 2.48 bits per heavy atom. The predicted octanol–water partition coefficient (Wildman–Crippen LogP) is 6.26. The Hall–Kier alpha value is -3.28. The number of anilines is 1. The molecule has 2 aromatic rings. The molecule has 0 spiro atoms. The van der Waals surface area contributed by atoms with Crippen LogP contribution in [-0.4, -0.2) is 63.5 Å². The van der Waals surface area contributed by atoms with Crippen LogP contribution in [0.1, 0.15) is 61.6 Å². The highest BCUT2D eigenvalue weighted by atomic mass is 32.2. The minimum absolute atomic E-state index is 0.0531. The Balaban J connectivity index is 1.26. The molecule has 2 atom stereocenters. The zero-order valence-electron chi connectivity index (χ0n) is 23.5. The molecule has 7 nitrogen and oxygen atoms in total. The van der Waals surface area contributed by atoms with E-state index in [4.69, 9.17) is 0 Å². The fourth-order valence-electron chi connectivity index (χ4n) is 5.84. The molecule has 0 radical (unpaired) electrons. The van der Waals surface area contributed by atoms with Gasteiger partial charge in [-0.1, -0.05) is 38.1 Å². The summed E-state index contributed by atoms with van der Waals surface area (Å²) in [6.07, 6.45) is -3.31. The van der Waals surface area contributed by atoms with Crippen molar-refractivity contribution in [2.75, 3.05) is 25.0 Å². The van der Waals surface area contributed by atoms with Crippen molar-refractivity contribution in [1.29, 1.82) is 0 Å². The second-order valence-corrected chi connectivity index (χ2v) is 12.7. The highest BCUT2D eigenvalue weighted by Gasteiger charge is 2.47. The zero-order chi connectivity index (χ0) is 30.2. The van der Waals surface area contributed by atoms with Gasteiger partial charge in [0.05, 0.1) is 10.8 Å². The fourth-order valence-corrected chi connectivity index (χ4v) is 7.37.